The number of hydrogen-bond donors (Lipinski definition) is 1. The summed E-state index contributed by atoms with van der Waals surface area (Å²) in [5.74, 6) is -3.36. The Bertz CT molecular complexity index is 370. The standard InChI is InChI=1S/C12H15F6NS/c1-2-5-19-9(7-8-4-3-6-20-8)10(11(13,14)15)12(16,17)18/h3-4,6,9-10,19H,2,5,7H2,1H3. The van der Waals surface area contributed by atoms with Gasteiger partial charge in [0, 0.05) is 10.9 Å². The highest BCUT2D eigenvalue weighted by molar-refractivity contribution is 7.09. The minimum atomic E-state index is -5.32. The van der Waals surface area contributed by atoms with E-state index < -0.39 is 24.3 Å². The van der Waals surface area contributed by atoms with E-state index >= 15 is 0 Å². The number of alkyl halides is 6. The summed E-state index contributed by atoms with van der Waals surface area (Å²) >= 11 is 1.15. The largest absolute Gasteiger partial charge is 0.402 e. The van der Waals surface area contributed by atoms with Crippen LogP contribution in [-0.4, -0.2) is 24.9 Å². The van der Waals surface area contributed by atoms with Crippen molar-refractivity contribution < 1.29 is 26.3 Å². The van der Waals surface area contributed by atoms with E-state index in [1.807, 2.05) is 0 Å². The van der Waals surface area contributed by atoms with Crippen molar-refractivity contribution in [2.45, 2.75) is 38.2 Å². The molecule has 1 N–H and O–H groups in total. The van der Waals surface area contributed by atoms with E-state index in [0.29, 0.717) is 11.3 Å². The molecule has 0 bridgehead atoms. The Morgan fingerprint density at radius 1 is 1.15 bits per heavy atom. The van der Waals surface area contributed by atoms with Gasteiger partial charge in [-0.15, -0.1) is 11.3 Å². The predicted octanol–water partition coefficient (Wildman–Crippen LogP) is 4.40. The fourth-order valence-electron chi connectivity index (χ4n) is 1.92. The molecule has 116 valence electrons. The van der Waals surface area contributed by atoms with Crippen LogP contribution in [0, 0.1) is 5.92 Å². The maximum absolute atomic E-state index is 12.8. The molecule has 20 heavy (non-hydrogen) atoms. The smallest absolute Gasteiger partial charge is 0.313 e. The minimum Gasteiger partial charge on any atom is -0.313 e. The highest BCUT2D eigenvalue weighted by Gasteiger charge is 2.59. The third kappa shape index (κ3) is 4.97. The third-order valence-corrected chi connectivity index (χ3v) is 3.66. The first kappa shape index (κ1) is 17.3. The Hall–Kier alpha value is -0.760. The molecule has 0 aliphatic carbocycles. The van der Waals surface area contributed by atoms with E-state index in [2.05, 4.69) is 5.32 Å². The van der Waals surface area contributed by atoms with E-state index in [-0.39, 0.29) is 13.0 Å². The summed E-state index contributed by atoms with van der Waals surface area (Å²) in [6.45, 7) is 1.80. The van der Waals surface area contributed by atoms with Gasteiger partial charge < -0.3 is 5.32 Å². The van der Waals surface area contributed by atoms with Crippen LogP contribution in [0.15, 0.2) is 17.5 Å². The second-order valence-electron chi connectivity index (χ2n) is 4.41. The zero-order chi connectivity index (χ0) is 15.4. The van der Waals surface area contributed by atoms with E-state index in [1.54, 1.807) is 18.4 Å². The lowest BCUT2D eigenvalue weighted by molar-refractivity contribution is -0.291. The summed E-state index contributed by atoms with van der Waals surface area (Å²) < 4.78 is 76.6. The first-order chi connectivity index (χ1) is 9.16. The first-order valence-electron chi connectivity index (χ1n) is 6.05. The molecule has 0 fully saturated rings. The second-order valence-corrected chi connectivity index (χ2v) is 5.44. The summed E-state index contributed by atoms with van der Waals surface area (Å²) in [5, 5.41) is 4.01. The van der Waals surface area contributed by atoms with Gasteiger partial charge >= 0.3 is 12.4 Å². The van der Waals surface area contributed by atoms with Crippen molar-refractivity contribution >= 4 is 11.3 Å². The highest BCUT2D eigenvalue weighted by atomic mass is 32.1. The summed E-state index contributed by atoms with van der Waals surface area (Å²) in [7, 11) is 0. The minimum absolute atomic E-state index is 0.110. The SMILES string of the molecule is CCCNC(Cc1cccs1)C(C(F)(F)F)C(F)(F)F. The summed E-state index contributed by atoms with van der Waals surface area (Å²) in [6.07, 6.45) is -10.5. The van der Waals surface area contributed by atoms with Crippen molar-refractivity contribution in [1.29, 1.82) is 0 Å². The van der Waals surface area contributed by atoms with Crippen LogP contribution >= 0.6 is 11.3 Å². The van der Waals surface area contributed by atoms with Gasteiger partial charge in [-0.25, -0.2) is 0 Å². The lowest BCUT2D eigenvalue weighted by Crippen LogP contribution is -2.52. The molecule has 0 radical (unpaired) electrons. The quantitative estimate of drug-likeness (QED) is 0.766. The van der Waals surface area contributed by atoms with Gasteiger partial charge in [0.1, 0.15) is 0 Å². The van der Waals surface area contributed by atoms with E-state index in [1.165, 1.54) is 6.07 Å². The Labute approximate surface area is 117 Å². The lowest BCUT2D eigenvalue weighted by Gasteiger charge is -2.31. The van der Waals surface area contributed by atoms with Crippen LogP contribution in [0.1, 0.15) is 18.2 Å². The zero-order valence-electron chi connectivity index (χ0n) is 10.7. The van der Waals surface area contributed by atoms with Gasteiger partial charge in [0.25, 0.3) is 0 Å². The fourth-order valence-corrected chi connectivity index (χ4v) is 2.69. The van der Waals surface area contributed by atoms with Gasteiger partial charge in [-0.1, -0.05) is 13.0 Å². The second kappa shape index (κ2) is 6.80. The molecule has 0 spiro atoms. The van der Waals surface area contributed by atoms with Crippen LogP contribution in [0.4, 0.5) is 26.3 Å². The molecule has 1 unspecified atom stereocenters. The van der Waals surface area contributed by atoms with Gasteiger partial charge in [0.05, 0.1) is 0 Å². The van der Waals surface area contributed by atoms with Crippen molar-refractivity contribution in [2.24, 2.45) is 5.92 Å². The van der Waals surface area contributed by atoms with Crippen LogP contribution in [0.25, 0.3) is 0 Å². The number of rotatable bonds is 6. The van der Waals surface area contributed by atoms with Crippen molar-refractivity contribution in [3.05, 3.63) is 22.4 Å². The molecule has 1 atom stereocenters. The molecule has 0 saturated heterocycles. The van der Waals surface area contributed by atoms with Gasteiger partial charge in [0.2, 0.25) is 0 Å². The highest BCUT2D eigenvalue weighted by Crippen LogP contribution is 2.42. The van der Waals surface area contributed by atoms with E-state index in [0.717, 1.165) is 11.3 Å². The predicted molar refractivity (Wildman–Crippen MR) is 65.7 cm³/mol. The van der Waals surface area contributed by atoms with Gasteiger partial charge in [-0.3, -0.25) is 0 Å². The molecular weight excluding hydrogens is 304 g/mol. The molecule has 0 saturated carbocycles. The molecule has 1 nitrogen and oxygen atoms in total. The Morgan fingerprint density at radius 2 is 1.75 bits per heavy atom. The molecule has 1 aromatic heterocycles. The van der Waals surface area contributed by atoms with Crippen LogP contribution in [0.5, 0.6) is 0 Å². The normalized spacial score (nSPS) is 14.8. The Kier molecular flexibility index (Phi) is 5.88. The van der Waals surface area contributed by atoms with Crippen molar-refractivity contribution in [3.8, 4) is 0 Å². The average Bonchev–Trinajstić information content (AvgIpc) is 2.74. The average molecular weight is 319 g/mol. The van der Waals surface area contributed by atoms with Crippen molar-refractivity contribution in [1.82, 2.24) is 5.32 Å². The number of nitrogens with one attached hydrogen (secondary N) is 1. The monoisotopic (exact) mass is 319 g/mol. The molecule has 1 rings (SSSR count). The Morgan fingerprint density at radius 3 is 2.15 bits per heavy atom. The summed E-state index contributed by atoms with van der Waals surface area (Å²) in [6, 6.07) is 1.44. The molecule has 8 heteroatoms. The van der Waals surface area contributed by atoms with Gasteiger partial charge in [-0.2, -0.15) is 26.3 Å². The number of halogens is 6. The molecule has 1 heterocycles. The molecule has 1 aromatic rings. The van der Waals surface area contributed by atoms with Crippen LogP contribution in [0.2, 0.25) is 0 Å². The molecular formula is C12H15F6NS. The van der Waals surface area contributed by atoms with Crippen molar-refractivity contribution in [3.63, 3.8) is 0 Å². The first-order valence-corrected chi connectivity index (χ1v) is 6.93. The zero-order valence-corrected chi connectivity index (χ0v) is 11.5. The van der Waals surface area contributed by atoms with Crippen molar-refractivity contribution in [2.75, 3.05) is 6.54 Å². The van der Waals surface area contributed by atoms with Crippen LogP contribution < -0.4 is 5.32 Å². The summed E-state index contributed by atoms with van der Waals surface area (Å²) in [4.78, 5) is 0.497. The number of hydrogen-bond acceptors (Lipinski definition) is 2. The Balaban J connectivity index is 2.98. The van der Waals surface area contributed by atoms with Gasteiger partial charge in [-0.05, 0) is 30.8 Å². The fraction of sp³-hybridized carbons (Fsp3) is 0.667. The maximum Gasteiger partial charge on any atom is 0.402 e. The third-order valence-electron chi connectivity index (χ3n) is 2.77. The van der Waals surface area contributed by atoms with E-state index in [9.17, 15) is 26.3 Å². The molecule has 0 aromatic carbocycles. The molecule has 0 amide bonds. The summed E-state index contributed by atoms with van der Waals surface area (Å²) in [5.41, 5.74) is 0. The lowest BCUT2D eigenvalue weighted by atomic mass is 9.94. The topological polar surface area (TPSA) is 12.0 Å². The molecule has 0 aliphatic heterocycles. The molecule has 0 aliphatic rings. The van der Waals surface area contributed by atoms with Crippen LogP contribution in [0.3, 0.4) is 0 Å². The van der Waals surface area contributed by atoms with Gasteiger partial charge in [0.15, 0.2) is 5.92 Å². The van der Waals surface area contributed by atoms with Crippen LogP contribution in [-0.2, 0) is 6.42 Å². The maximum atomic E-state index is 12.8. The number of thiophene rings is 1. The van der Waals surface area contributed by atoms with E-state index in [4.69, 9.17) is 0 Å².